The third kappa shape index (κ3) is 4.22. The number of amides is 1. The molecule has 1 unspecified atom stereocenters. The molecule has 0 saturated carbocycles. The van der Waals surface area contributed by atoms with Crippen molar-refractivity contribution in [3.8, 4) is 0 Å². The van der Waals surface area contributed by atoms with Gasteiger partial charge in [-0.25, -0.2) is 0 Å². The van der Waals surface area contributed by atoms with E-state index in [0.717, 1.165) is 4.48 Å². The van der Waals surface area contributed by atoms with Crippen LogP contribution in [0.1, 0.15) is 20.8 Å². The minimum Gasteiger partial charge on any atom is -1.00 e. The summed E-state index contributed by atoms with van der Waals surface area (Å²) >= 11 is 0. The summed E-state index contributed by atoms with van der Waals surface area (Å²) in [5.41, 5.74) is -0.0152. The van der Waals surface area contributed by atoms with Crippen molar-refractivity contribution >= 4 is 5.91 Å². The fourth-order valence-corrected chi connectivity index (χ4v) is 1.03. The number of hydrogen-bond donors (Lipinski definition) is 1. The first-order chi connectivity index (χ1) is 6.13. The number of likely N-dealkylation sites (N-methyl/N-ethyl adjacent to an activating group) is 1. The van der Waals surface area contributed by atoms with Gasteiger partial charge in [-0.05, 0) is 26.8 Å². The Morgan fingerprint density at radius 3 is 2.07 bits per heavy atom. The first-order valence-electron chi connectivity index (χ1n) is 4.87. The summed E-state index contributed by atoms with van der Waals surface area (Å²) < 4.78 is 0.797. The van der Waals surface area contributed by atoms with Crippen molar-refractivity contribution in [2.75, 3.05) is 21.1 Å². The fourth-order valence-electron chi connectivity index (χ4n) is 1.03. The van der Waals surface area contributed by atoms with Gasteiger partial charge in [0.25, 0.3) is 0 Å². The highest BCUT2D eigenvalue weighted by molar-refractivity contribution is 5.87. The van der Waals surface area contributed by atoms with Crippen molar-refractivity contribution in [3.05, 3.63) is 12.7 Å². The molecule has 0 saturated heterocycles. The summed E-state index contributed by atoms with van der Waals surface area (Å²) in [6.45, 7) is 9.74. The zero-order valence-electron chi connectivity index (χ0n) is 10.6. The van der Waals surface area contributed by atoms with E-state index in [1.54, 1.807) is 0 Å². The van der Waals surface area contributed by atoms with Gasteiger partial charge in [-0.1, -0.05) is 6.58 Å². The summed E-state index contributed by atoms with van der Waals surface area (Å²) in [5, 5.41) is 2.90. The SMILES string of the molecule is C=CC(=O)NC(C)C(C)(C)[N+](C)(C)C.[Cl-]. The lowest BCUT2D eigenvalue weighted by Crippen LogP contribution is -3.00. The van der Waals surface area contributed by atoms with Crippen LogP contribution in [0.25, 0.3) is 0 Å². The van der Waals surface area contributed by atoms with Gasteiger partial charge in [-0.2, -0.15) is 0 Å². The molecule has 0 aromatic carbocycles. The molecular weight excluding hydrogens is 212 g/mol. The number of rotatable bonds is 4. The van der Waals surface area contributed by atoms with Crippen LogP contribution < -0.4 is 17.7 Å². The Bertz CT molecular complexity index is 231. The quantitative estimate of drug-likeness (QED) is 0.450. The van der Waals surface area contributed by atoms with Gasteiger partial charge in [0.1, 0.15) is 5.54 Å². The molecule has 0 bridgehead atoms. The highest BCUT2D eigenvalue weighted by atomic mass is 35.5. The van der Waals surface area contributed by atoms with Crippen LogP contribution in [-0.2, 0) is 4.79 Å². The van der Waals surface area contributed by atoms with Crippen molar-refractivity contribution in [2.24, 2.45) is 0 Å². The summed E-state index contributed by atoms with van der Waals surface area (Å²) in [7, 11) is 6.36. The van der Waals surface area contributed by atoms with Crippen LogP contribution in [0.2, 0.25) is 0 Å². The lowest BCUT2D eigenvalue weighted by Gasteiger charge is -2.45. The molecule has 0 spiro atoms. The molecule has 1 N–H and O–H groups in total. The second-order valence-corrected chi connectivity index (χ2v) is 5.10. The van der Waals surface area contributed by atoms with Gasteiger partial charge in [0.15, 0.2) is 0 Å². The van der Waals surface area contributed by atoms with Gasteiger partial charge in [-0.3, -0.25) is 4.79 Å². The maximum atomic E-state index is 11.2. The van der Waals surface area contributed by atoms with Crippen molar-refractivity contribution in [3.63, 3.8) is 0 Å². The number of nitrogens with one attached hydrogen (secondary N) is 1. The molecule has 1 amide bonds. The van der Waals surface area contributed by atoms with E-state index < -0.39 is 0 Å². The first kappa shape index (κ1) is 16.9. The molecule has 0 aliphatic carbocycles. The Balaban J connectivity index is 0. The Morgan fingerprint density at radius 2 is 1.80 bits per heavy atom. The van der Waals surface area contributed by atoms with E-state index in [2.05, 4.69) is 46.9 Å². The van der Waals surface area contributed by atoms with Gasteiger partial charge >= 0.3 is 0 Å². The predicted molar refractivity (Wildman–Crippen MR) is 59.9 cm³/mol. The van der Waals surface area contributed by atoms with Gasteiger partial charge in [0, 0.05) is 0 Å². The van der Waals surface area contributed by atoms with Crippen molar-refractivity contribution in [2.45, 2.75) is 32.4 Å². The Morgan fingerprint density at radius 1 is 1.40 bits per heavy atom. The zero-order chi connectivity index (χ0) is 11.6. The molecule has 90 valence electrons. The normalized spacial score (nSPS) is 13.7. The predicted octanol–water partition coefficient (Wildman–Crippen LogP) is -1.83. The molecule has 3 nitrogen and oxygen atoms in total. The molecule has 0 heterocycles. The highest BCUT2D eigenvalue weighted by Gasteiger charge is 2.38. The summed E-state index contributed by atoms with van der Waals surface area (Å²) in [5.74, 6) is -0.112. The van der Waals surface area contributed by atoms with E-state index in [4.69, 9.17) is 0 Å². The maximum Gasteiger partial charge on any atom is 0.243 e. The average molecular weight is 235 g/mol. The van der Waals surface area contributed by atoms with E-state index in [0.29, 0.717) is 0 Å². The molecule has 0 fully saturated rings. The van der Waals surface area contributed by atoms with E-state index >= 15 is 0 Å². The largest absolute Gasteiger partial charge is 1.00 e. The second kappa shape index (κ2) is 5.52. The molecule has 0 rings (SSSR count). The minimum atomic E-state index is -0.112. The first-order valence-corrected chi connectivity index (χ1v) is 4.87. The lowest BCUT2D eigenvalue weighted by atomic mass is 9.92. The minimum absolute atomic E-state index is 0. The summed E-state index contributed by atoms with van der Waals surface area (Å²) in [4.78, 5) is 11.2. The molecule has 0 aliphatic heterocycles. The standard InChI is InChI=1S/C11H22N2O.ClH/c1-8-10(14)12-9(2)11(3,4)13(5,6)7;/h8-9H,1H2,2-7H3;1H. The van der Waals surface area contributed by atoms with E-state index in [9.17, 15) is 4.79 Å². The summed E-state index contributed by atoms with van der Waals surface area (Å²) in [6.07, 6.45) is 1.31. The lowest BCUT2D eigenvalue weighted by molar-refractivity contribution is -0.921. The van der Waals surface area contributed by atoms with Crippen LogP contribution in [0, 0.1) is 0 Å². The van der Waals surface area contributed by atoms with Crippen LogP contribution >= 0.6 is 0 Å². The highest BCUT2D eigenvalue weighted by Crippen LogP contribution is 2.21. The number of hydrogen-bond acceptors (Lipinski definition) is 1. The summed E-state index contributed by atoms with van der Waals surface area (Å²) in [6, 6.07) is 0.105. The van der Waals surface area contributed by atoms with Crippen molar-refractivity contribution in [1.29, 1.82) is 0 Å². The number of halogens is 1. The molecule has 0 aliphatic rings. The van der Waals surface area contributed by atoms with Crippen LogP contribution in [-0.4, -0.2) is 43.1 Å². The average Bonchev–Trinajstić information content (AvgIpc) is 2.01. The number of carbonyl (C=O) groups is 1. The van der Waals surface area contributed by atoms with Gasteiger partial charge in [0.05, 0.1) is 27.2 Å². The van der Waals surface area contributed by atoms with E-state index in [1.165, 1.54) is 6.08 Å². The van der Waals surface area contributed by atoms with Crippen molar-refractivity contribution in [1.82, 2.24) is 5.32 Å². The van der Waals surface area contributed by atoms with E-state index in [-0.39, 0.29) is 29.9 Å². The van der Waals surface area contributed by atoms with Gasteiger partial charge in [-0.15, -0.1) is 0 Å². The Kier molecular flexibility index (Phi) is 6.21. The molecular formula is C11H23ClN2O. The van der Waals surface area contributed by atoms with Crippen LogP contribution in [0.3, 0.4) is 0 Å². The smallest absolute Gasteiger partial charge is 0.243 e. The van der Waals surface area contributed by atoms with Crippen LogP contribution in [0.5, 0.6) is 0 Å². The van der Waals surface area contributed by atoms with Crippen LogP contribution in [0.4, 0.5) is 0 Å². The Labute approximate surface area is 99.5 Å². The number of nitrogens with zero attached hydrogens (tertiary/aromatic N) is 1. The third-order valence-corrected chi connectivity index (χ3v) is 3.33. The van der Waals surface area contributed by atoms with E-state index in [1.807, 2.05) is 6.92 Å². The fraction of sp³-hybridized carbons (Fsp3) is 0.727. The van der Waals surface area contributed by atoms with Gasteiger partial charge < -0.3 is 22.2 Å². The monoisotopic (exact) mass is 234 g/mol. The number of carbonyl (C=O) groups excluding carboxylic acids is 1. The van der Waals surface area contributed by atoms with Gasteiger partial charge in [0.2, 0.25) is 5.91 Å². The zero-order valence-corrected chi connectivity index (χ0v) is 11.4. The molecule has 0 aromatic heterocycles. The second-order valence-electron chi connectivity index (χ2n) is 5.10. The molecule has 0 aromatic rings. The Hall–Kier alpha value is -0.540. The molecule has 0 radical (unpaired) electrons. The van der Waals surface area contributed by atoms with Crippen molar-refractivity contribution < 1.29 is 21.7 Å². The third-order valence-electron chi connectivity index (χ3n) is 3.33. The topological polar surface area (TPSA) is 29.1 Å². The molecule has 4 heteroatoms. The molecule has 15 heavy (non-hydrogen) atoms. The molecule has 1 atom stereocenters. The maximum absolute atomic E-state index is 11.2. The van der Waals surface area contributed by atoms with Crippen LogP contribution in [0.15, 0.2) is 12.7 Å². The number of quaternary nitrogens is 1.